The molecule has 1 saturated heterocycles. The van der Waals surface area contributed by atoms with Crippen molar-refractivity contribution in [3.05, 3.63) is 0 Å². The lowest BCUT2D eigenvalue weighted by Crippen LogP contribution is -2.56. The molecule has 0 radical (unpaired) electrons. The van der Waals surface area contributed by atoms with Crippen LogP contribution < -0.4 is 5.73 Å². The molecule has 0 aromatic carbocycles. The molecule has 0 spiro atoms. The number of nitrogens with two attached hydrogens (primary N) is 1. The van der Waals surface area contributed by atoms with Crippen molar-refractivity contribution in [2.24, 2.45) is 11.7 Å². The molecule has 4 nitrogen and oxygen atoms in total. The van der Waals surface area contributed by atoms with Gasteiger partial charge in [-0.15, -0.1) is 0 Å². The summed E-state index contributed by atoms with van der Waals surface area (Å²) in [6, 6.07) is 0.632. The van der Waals surface area contributed by atoms with Crippen molar-refractivity contribution in [1.29, 1.82) is 0 Å². The molecule has 1 fully saturated rings. The molecule has 1 heterocycles. The van der Waals surface area contributed by atoms with E-state index in [1.807, 2.05) is 0 Å². The van der Waals surface area contributed by atoms with Gasteiger partial charge in [-0.3, -0.25) is 4.90 Å². The van der Waals surface area contributed by atoms with Crippen molar-refractivity contribution < 1.29 is 9.47 Å². The lowest BCUT2D eigenvalue weighted by atomic mass is 9.91. The van der Waals surface area contributed by atoms with E-state index >= 15 is 0 Å². The molecule has 2 N–H and O–H groups in total. The molecule has 0 amide bonds. The van der Waals surface area contributed by atoms with Gasteiger partial charge in [-0.2, -0.15) is 0 Å². The molecular formula is C14H30N2O2. The van der Waals surface area contributed by atoms with Crippen molar-refractivity contribution in [2.45, 2.75) is 57.9 Å². The topological polar surface area (TPSA) is 47.7 Å². The highest BCUT2D eigenvalue weighted by Crippen LogP contribution is 2.33. The molecule has 1 aliphatic heterocycles. The first-order chi connectivity index (χ1) is 8.48. The lowest BCUT2D eigenvalue weighted by molar-refractivity contribution is -0.130. The van der Waals surface area contributed by atoms with Gasteiger partial charge in [0.05, 0.1) is 0 Å². The van der Waals surface area contributed by atoms with Crippen molar-refractivity contribution in [3.63, 3.8) is 0 Å². The van der Waals surface area contributed by atoms with E-state index in [-0.39, 0.29) is 11.8 Å². The maximum atomic E-state index is 6.05. The summed E-state index contributed by atoms with van der Waals surface area (Å²) in [5, 5.41) is 0. The second-order valence-electron chi connectivity index (χ2n) is 5.95. The first-order valence-corrected chi connectivity index (χ1v) is 7.01. The first-order valence-electron chi connectivity index (χ1n) is 7.01. The van der Waals surface area contributed by atoms with E-state index in [9.17, 15) is 0 Å². The maximum Gasteiger partial charge on any atom is 0.158 e. The minimum Gasteiger partial charge on any atom is -0.356 e. The van der Waals surface area contributed by atoms with Crippen LogP contribution in [0, 0.1) is 5.92 Å². The number of hydrogen-bond acceptors (Lipinski definition) is 4. The van der Waals surface area contributed by atoms with Crippen LogP contribution in [0.5, 0.6) is 0 Å². The highest BCUT2D eigenvalue weighted by molar-refractivity contribution is 4.96. The lowest BCUT2D eigenvalue weighted by Gasteiger charge is -2.44. The second-order valence-corrected chi connectivity index (χ2v) is 5.95. The standard InChI is InChI=1S/C14H30N2O2/c1-11(2)12-7-6-8-16(12)14(3,10-15)9-13(17-4)18-5/h11-13H,6-10,15H2,1-5H3. The average Bonchev–Trinajstić information content (AvgIpc) is 2.85. The number of rotatable bonds is 7. The molecule has 2 atom stereocenters. The number of nitrogens with zero attached hydrogens (tertiary/aromatic N) is 1. The smallest absolute Gasteiger partial charge is 0.158 e. The Morgan fingerprint density at radius 1 is 1.33 bits per heavy atom. The van der Waals surface area contributed by atoms with Gasteiger partial charge in [-0.05, 0) is 32.2 Å². The molecule has 1 rings (SSSR count). The van der Waals surface area contributed by atoms with Gasteiger partial charge in [0.2, 0.25) is 0 Å². The second kappa shape index (κ2) is 6.85. The Morgan fingerprint density at radius 3 is 2.39 bits per heavy atom. The summed E-state index contributed by atoms with van der Waals surface area (Å²) in [5.41, 5.74) is 6.01. The third-order valence-electron chi connectivity index (χ3n) is 4.33. The Morgan fingerprint density at radius 2 is 1.94 bits per heavy atom. The molecule has 1 aliphatic rings. The molecule has 0 aromatic rings. The maximum absolute atomic E-state index is 6.05. The highest BCUT2D eigenvalue weighted by Gasteiger charge is 2.40. The van der Waals surface area contributed by atoms with Crippen molar-refractivity contribution in [2.75, 3.05) is 27.3 Å². The predicted molar refractivity (Wildman–Crippen MR) is 74.4 cm³/mol. The van der Waals surface area contributed by atoms with Gasteiger partial charge < -0.3 is 15.2 Å². The van der Waals surface area contributed by atoms with Crippen LogP contribution in [0.25, 0.3) is 0 Å². The van der Waals surface area contributed by atoms with Crippen molar-refractivity contribution in [1.82, 2.24) is 4.90 Å². The van der Waals surface area contributed by atoms with Gasteiger partial charge in [-0.25, -0.2) is 0 Å². The number of ether oxygens (including phenoxy) is 2. The van der Waals surface area contributed by atoms with E-state index in [1.54, 1.807) is 14.2 Å². The Balaban J connectivity index is 2.79. The van der Waals surface area contributed by atoms with E-state index < -0.39 is 0 Å². The Hall–Kier alpha value is -0.160. The van der Waals surface area contributed by atoms with Crippen molar-refractivity contribution in [3.8, 4) is 0 Å². The van der Waals surface area contributed by atoms with Gasteiger partial charge in [0.1, 0.15) is 0 Å². The minimum atomic E-state index is -0.174. The van der Waals surface area contributed by atoms with Gasteiger partial charge >= 0.3 is 0 Å². The minimum absolute atomic E-state index is 0.0396. The van der Waals surface area contributed by atoms with Crippen LogP contribution in [0.4, 0.5) is 0 Å². The van der Waals surface area contributed by atoms with Crippen LogP contribution in [0.3, 0.4) is 0 Å². The molecule has 2 unspecified atom stereocenters. The summed E-state index contributed by atoms with van der Waals surface area (Å²) >= 11 is 0. The molecule has 0 bridgehead atoms. The summed E-state index contributed by atoms with van der Waals surface area (Å²) in [5.74, 6) is 0.668. The van der Waals surface area contributed by atoms with E-state index in [0.717, 1.165) is 13.0 Å². The fourth-order valence-electron chi connectivity index (χ4n) is 3.10. The Bertz CT molecular complexity index is 244. The third-order valence-corrected chi connectivity index (χ3v) is 4.33. The number of methoxy groups -OCH3 is 2. The first kappa shape index (κ1) is 15.9. The normalized spacial score (nSPS) is 25.0. The number of likely N-dealkylation sites (tertiary alicyclic amines) is 1. The third kappa shape index (κ3) is 3.44. The van der Waals surface area contributed by atoms with Crippen LogP contribution in [0.1, 0.15) is 40.0 Å². The highest BCUT2D eigenvalue weighted by atomic mass is 16.7. The monoisotopic (exact) mass is 258 g/mol. The van der Waals surface area contributed by atoms with E-state index in [2.05, 4.69) is 25.7 Å². The van der Waals surface area contributed by atoms with Crippen LogP contribution >= 0.6 is 0 Å². The molecule has 0 aliphatic carbocycles. The van der Waals surface area contributed by atoms with E-state index in [4.69, 9.17) is 15.2 Å². The summed E-state index contributed by atoms with van der Waals surface area (Å²) in [6.45, 7) is 8.60. The van der Waals surface area contributed by atoms with Crippen LogP contribution in [-0.4, -0.2) is 50.1 Å². The summed E-state index contributed by atoms with van der Waals surface area (Å²) < 4.78 is 10.7. The van der Waals surface area contributed by atoms with E-state index in [0.29, 0.717) is 18.5 Å². The Kier molecular flexibility index (Phi) is 6.05. The van der Waals surface area contributed by atoms with Crippen LogP contribution in [-0.2, 0) is 9.47 Å². The molecular weight excluding hydrogens is 228 g/mol. The quantitative estimate of drug-likeness (QED) is 0.708. The fourth-order valence-corrected chi connectivity index (χ4v) is 3.10. The van der Waals surface area contributed by atoms with Crippen LogP contribution in [0.15, 0.2) is 0 Å². The zero-order valence-corrected chi connectivity index (χ0v) is 12.6. The number of hydrogen-bond donors (Lipinski definition) is 1. The molecule has 0 saturated carbocycles. The fraction of sp³-hybridized carbons (Fsp3) is 1.00. The Labute approximate surface area is 112 Å². The molecule has 108 valence electrons. The average molecular weight is 258 g/mol. The molecule has 0 aromatic heterocycles. The summed E-state index contributed by atoms with van der Waals surface area (Å²) in [6.07, 6.45) is 3.19. The van der Waals surface area contributed by atoms with Gasteiger partial charge in [0.15, 0.2) is 6.29 Å². The largest absolute Gasteiger partial charge is 0.356 e. The van der Waals surface area contributed by atoms with Crippen molar-refractivity contribution >= 4 is 0 Å². The van der Waals surface area contributed by atoms with Gasteiger partial charge in [0, 0.05) is 38.8 Å². The SMILES string of the molecule is COC(CC(C)(CN)N1CCCC1C(C)C)OC. The van der Waals surface area contributed by atoms with Crippen LogP contribution in [0.2, 0.25) is 0 Å². The van der Waals surface area contributed by atoms with Gasteiger partial charge in [-0.1, -0.05) is 13.8 Å². The zero-order valence-electron chi connectivity index (χ0n) is 12.6. The van der Waals surface area contributed by atoms with Gasteiger partial charge in [0.25, 0.3) is 0 Å². The molecule has 4 heteroatoms. The zero-order chi connectivity index (χ0) is 13.8. The predicted octanol–water partition coefficient (Wildman–Crippen LogP) is 1.83. The van der Waals surface area contributed by atoms with E-state index in [1.165, 1.54) is 12.8 Å². The summed E-state index contributed by atoms with van der Waals surface area (Å²) in [4.78, 5) is 2.57. The summed E-state index contributed by atoms with van der Waals surface area (Å²) in [7, 11) is 3.38. The molecule has 18 heavy (non-hydrogen) atoms.